The number of amides is 1. The van der Waals surface area contributed by atoms with Gasteiger partial charge in [0.05, 0.1) is 11.3 Å². The lowest BCUT2D eigenvalue weighted by Gasteiger charge is -2.35. The summed E-state index contributed by atoms with van der Waals surface area (Å²) in [5.41, 5.74) is 0.347. The lowest BCUT2D eigenvalue weighted by molar-refractivity contribution is 0.0907. The molecule has 2 aromatic heterocycles. The third-order valence-corrected chi connectivity index (χ3v) is 4.38. The molecule has 0 unspecified atom stereocenters. The van der Waals surface area contributed by atoms with E-state index < -0.39 is 5.56 Å². The molecule has 1 aliphatic rings. The standard InChI is InChI=1S/C16H17ClN4O4/c1-25-7-13-20-12(5-14(22)21-13)8-2-10(3-8)19-15(23)9-4-11(17)16(24)18-6-9/h4-6,8,10H,2-3,7H2,1H3,(H,18,24)(H,19,23)(H,20,21,22). The van der Waals surface area contributed by atoms with Crippen LogP contribution in [0.15, 0.2) is 27.9 Å². The molecule has 8 nitrogen and oxygen atoms in total. The van der Waals surface area contributed by atoms with E-state index in [0.717, 1.165) is 0 Å². The van der Waals surface area contributed by atoms with Crippen LogP contribution in [-0.4, -0.2) is 34.0 Å². The van der Waals surface area contributed by atoms with Gasteiger partial charge in [0.15, 0.2) is 0 Å². The van der Waals surface area contributed by atoms with Crippen molar-refractivity contribution in [2.75, 3.05) is 7.11 Å². The van der Waals surface area contributed by atoms with Crippen molar-refractivity contribution in [3.63, 3.8) is 0 Å². The van der Waals surface area contributed by atoms with E-state index in [1.54, 1.807) is 0 Å². The molecule has 2 heterocycles. The van der Waals surface area contributed by atoms with Crippen molar-refractivity contribution in [2.45, 2.75) is 31.4 Å². The van der Waals surface area contributed by atoms with Gasteiger partial charge >= 0.3 is 0 Å². The van der Waals surface area contributed by atoms with Gasteiger partial charge in [-0.2, -0.15) is 0 Å². The van der Waals surface area contributed by atoms with Crippen LogP contribution in [0.4, 0.5) is 0 Å². The zero-order valence-corrected chi connectivity index (χ0v) is 14.2. The van der Waals surface area contributed by atoms with Crippen LogP contribution in [-0.2, 0) is 11.3 Å². The third-order valence-electron chi connectivity index (χ3n) is 4.10. The molecule has 9 heteroatoms. The smallest absolute Gasteiger partial charge is 0.266 e. The van der Waals surface area contributed by atoms with E-state index in [-0.39, 0.29) is 35.1 Å². The van der Waals surface area contributed by atoms with Gasteiger partial charge in [-0.05, 0) is 18.9 Å². The number of methoxy groups -OCH3 is 1. The predicted octanol–water partition coefficient (Wildman–Crippen LogP) is 0.934. The van der Waals surface area contributed by atoms with Gasteiger partial charge in [-0.1, -0.05) is 11.6 Å². The molecule has 1 saturated carbocycles. The first-order valence-electron chi connectivity index (χ1n) is 7.74. The third kappa shape index (κ3) is 3.97. The number of hydrogen-bond acceptors (Lipinski definition) is 5. The normalized spacial score (nSPS) is 19.3. The Balaban J connectivity index is 1.61. The molecular formula is C16H17ClN4O4. The molecule has 0 atom stereocenters. The van der Waals surface area contributed by atoms with Gasteiger partial charge < -0.3 is 20.0 Å². The minimum Gasteiger partial charge on any atom is -0.377 e. The minimum atomic E-state index is -0.436. The van der Waals surface area contributed by atoms with Crippen LogP contribution in [0.5, 0.6) is 0 Å². The number of halogens is 1. The first-order valence-corrected chi connectivity index (χ1v) is 8.12. The van der Waals surface area contributed by atoms with Crippen molar-refractivity contribution in [2.24, 2.45) is 0 Å². The summed E-state index contributed by atoms with van der Waals surface area (Å²) in [6, 6.07) is 2.79. The van der Waals surface area contributed by atoms with Crippen LogP contribution in [0.25, 0.3) is 0 Å². The maximum absolute atomic E-state index is 12.2. The summed E-state index contributed by atoms with van der Waals surface area (Å²) in [5.74, 6) is 0.295. The predicted molar refractivity (Wildman–Crippen MR) is 90.9 cm³/mol. The average molecular weight is 365 g/mol. The Labute approximate surface area is 147 Å². The highest BCUT2D eigenvalue weighted by atomic mass is 35.5. The first kappa shape index (κ1) is 17.4. The number of ether oxygens (including phenoxy) is 1. The van der Waals surface area contributed by atoms with Crippen molar-refractivity contribution < 1.29 is 9.53 Å². The quantitative estimate of drug-likeness (QED) is 0.729. The number of rotatable bonds is 5. The number of hydrogen-bond donors (Lipinski definition) is 3. The van der Waals surface area contributed by atoms with Crippen LogP contribution in [0, 0.1) is 0 Å². The number of H-pyrrole nitrogens is 2. The molecule has 0 spiro atoms. The van der Waals surface area contributed by atoms with E-state index in [0.29, 0.717) is 29.9 Å². The molecule has 0 radical (unpaired) electrons. The van der Waals surface area contributed by atoms with Gasteiger partial charge in [-0.15, -0.1) is 0 Å². The summed E-state index contributed by atoms with van der Waals surface area (Å²) >= 11 is 5.73. The number of nitrogens with one attached hydrogen (secondary N) is 3. The molecule has 3 N–H and O–H groups in total. The SMILES string of the molecule is COCc1nc(C2CC(NC(=O)c3c[nH]c(=O)c(Cl)c3)C2)cc(=O)[nH]1. The second-order valence-corrected chi connectivity index (χ2v) is 6.36. The van der Waals surface area contributed by atoms with Gasteiger partial charge in [0.2, 0.25) is 0 Å². The summed E-state index contributed by atoms with van der Waals surface area (Å²) in [4.78, 5) is 44.5. The highest BCUT2D eigenvalue weighted by Gasteiger charge is 2.33. The molecule has 2 aromatic rings. The molecule has 3 rings (SSSR count). The molecule has 25 heavy (non-hydrogen) atoms. The minimum absolute atomic E-state index is 0.0184. The Morgan fingerprint density at radius 3 is 2.84 bits per heavy atom. The maximum atomic E-state index is 12.2. The van der Waals surface area contributed by atoms with Crippen molar-refractivity contribution in [3.05, 3.63) is 61.1 Å². The van der Waals surface area contributed by atoms with Crippen LogP contribution >= 0.6 is 11.6 Å². The Morgan fingerprint density at radius 1 is 1.40 bits per heavy atom. The van der Waals surface area contributed by atoms with E-state index in [1.165, 1.54) is 25.4 Å². The van der Waals surface area contributed by atoms with E-state index in [2.05, 4.69) is 20.3 Å². The van der Waals surface area contributed by atoms with E-state index >= 15 is 0 Å². The molecule has 1 fully saturated rings. The number of aromatic nitrogens is 3. The first-order chi connectivity index (χ1) is 12.0. The Kier molecular flexibility index (Phi) is 5.00. The molecule has 0 aromatic carbocycles. The van der Waals surface area contributed by atoms with E-state index in [4.69, 9.17) is 16.3 Å². The second kappa shape index (κ2) is 7.20. The summed E-state index contributed by atoms with van der Waals surface area (Å²) in [6.45, 7) is 0.239. The lowest BCUT2D eigenvalue weighted by Crippen LogP contribution is -2.44. The number of nitrogens with zero attached hydrogens (tertiary/aromatic N) is 1. The van der Waals surface area contributed by atoms with E-state index in [1.807, 2.05) is 0 Å². The largest absolute Gasteiger partial charge is 0.377 e. The van der Waals surface area contributed by atoms with Gasteiger partial charge in [-0.3, -0.25) is 14.4 Å². The van der Waals surface area contributed by atoms with Crippen LogP contribution < -0.4 is 16.4 Å². The fourth-order valence-electron chi connectivity index (χ4n) is 2.78. The number of aromatic amines is 2. The van der Waals surface area contributed by atoms with Gasteiger partial charge in [0.1, 0.15) is 17.5 Å². The van der Waals surface area contributed by atoms with Crippen LogP contribution in [0.1, 0.15) is 40.6 Å². The van der Waals surface area contributed by atoms with Crippen molar-refractivity contribution >= 4 is 17.5 Å². The summed E-state index contributed by atoms with van der Waals surface area (Å²) in [5, 5.41) is 2.85. The second-order valence-electron chi connectivity index (χ2n) is 5.95. The van der Waals surface area contributed by atoms with Crippen LogP contribution in [0.2, 0.25) is 5.02 Å². The number of carbonyl (C=O) groups excluding carboxylic acids is 1. The van der Waals surface area contributed by atoms with Crippen molar-refractivity contribution in [3.8, 4) is 0 Å². The number of carbonyl (C=O) groups is 1. The zero-order chi connectivity index (χ0) is 18.0. The highest BCUT2D eigenvalue weighted by molar-refractivity contribution is 6.30. The fraction of sp³-hybridized carbons (Fsp3) is 0.375. The van der Waals surface area contributed by atoms with Gasteiger partial charge in [0, 0.05) is 31.3 Å². The zero-order valence-electron chi connectivity index (χ0n) is 13.5. The molecule has 132 valence electrons. The lowest BCUT2D eigenvalue weighted by atomic mass is 9.78. The Morgan fingerprint density at radius 2 is 2.16 bits per heavy atom. The topological polar surface area (TPSA) is 117 Å². The summed E-state index contributed by atoms with van der Waals surface area (Å²) < 4.78 is 4.98. The molecule has 0 bridgehead atoms. The van der Waals surface area contributed by atoms with E-state index in [9.17, 15) is 14.4 Å². The molecule has 0 aliphatic heterocycles. The van der Waals surface area contributed by atoms with Gasteiger partial charge in [-0.25, -0.2) is 4.98 Å². The maximum Gasteiger partial charge on any atom is 0.266 e. The Hall–Kier alpha value is -2.45. The molecule has 1 aliphatic carbocycles. The molecule has 1 amide bonds. The Bertz CT molecular complexity index is 901. The van der Waals surface area contributed by atoms with Gasteiger partial charge in [0.25, 0.3) is 17.0 Å². The summed E-state index contributed by atoms with van der Waals surface area (Å²) in [7, 11) is 1.53. The highest BCUT2D eigenvalue weighted by Crippen LogP contribution is 2.35. The summed E-state index contributed by atoms with van der Waals surface area (Å²) in [6.07, 6.45) is 2.70. The van der Waals surface area contributed by atoms with Crippen molar-refractivity contribution in [1.82, 2.24) is 20.3 Å². The monoisotopic (exact) mass is 364 g/mol. The molecule has 0 saturated heterocycles. The number of pyridine rings is 1. The van der Waals surface area contributed by atoms with Crippen LogP contribution in [0.3, 0.4) is 0 Å². The molecular weight excluding hydrogens is 348 g/mol. The van der Waals surface area contributed by atoms with Crippen molar-refractivity contribution in [1.29, 1.82) is 0 Å². The average Bonchev–Trinajstić information content (AvgIpc) is 2.52. The fourth-order valence-corrected chi connectivity index (χ4v) is 2.95.